The predicted molar refractivity (Wildman–Crippen MR) is 65.8 cm³/mol. The molecule has 0 fully saturated rings. The molecule has 0 N–H and O–H groups in total. The molecule has 0 aliphatic carbocycles. The van der Waals surface area contributed by atoms with Gasteiger partial charge < -0.3 is 9.47 Å². The van der Waals surface area contributed by atoms with E-state index in [9.17, 15) is 31.1 Å². The standard InChI is InChI=1S/C12H10ClF6NO3/c1-2-22-9(21)4-7-6(5-13)3-8(23-12(17,18)19)10(20-7)11(14,15)16/h3H,2,4-5H2,1H3. The molecule has 11 heteroatoms. The number of alkyl halides is 7. The van der Waals surface area contributed by atoms with Crippen LogP contribution in [0.25, 0.3) is 0 Å². The van der Waals surface area contributed by atoms with Crippen molar-refractivity contribution in [3.05, 3.63) is 23.0 Å². The zero-order valence-corrected chi connectivity index (χ0v) is 12.3. The lowest BCUT2D eigenvalue weighted by Crippen LogP contribution is -2.22. The minimum absolute atomic E-state index is 0.0174. The number of ether oxygens (including phenoxy) is 2. The highest BCUT2D eigenvalue weighted by Crippen LogP contribution is 2.38. The minimum Gasteiger partial charge on any atom is -0.466 e. The number of carbonyl (C=O) groups is 1. The highest BCUT2D eigenvalue weighted by Gasteiger charge is 2.41. The SMILES string of the molecule is CCOC(=O)Cc1nc(C(F)(F)F)c(OC(F)(F)F)cc1CCl. The highest BCUT2D eigenvalue weighted by atomic mass is 35.5. The van der Waals surface area contributed by atoms with Crippen LogP contribution in [0.2, 0.25) is 0 Å². The molecule has 1 heterocycles. The third-order valence-electron chi connectivity index (χ3n) is 2.41. The maximum absolute atomic E-state index is 12.9. The van der Waals surface area contributed by atoms with Gasteiger partial charge >= 0.3 is 18.5 Å². The Balaban J connectivity index is 3.36. The highest BCUT2D eigenvalue weighted by molar-refractivity contribution is 6.17. The van der Waals surface area contributed by atoms with E-state index in [0.29, 0.717) is 6.07 Å². The van der Waals surface area contributed by atoms with E-state index in [2.05, 4.69) is 14.5 Å². The third kappa shape index (κ3) is 5.77. The van der Waals surface area contributed by atoms with Crippen molar-refractivity contribution in [2.75, 3.05) is 6.61 Å². The van der Waals surface area contributed by atoms with Crippen molar-refractivity contribution in [1.29, 1.82) is 0 Å². The van der Waals surface area contributed by atoms with Gasteiger partial charge in [0.25, 0.3) is 0 Å². The monoisotopic (exact) mass is 365 g/mol. The average Bonchev–Trinajstić information content (AvgIpc) is 2.37. The first kappa shape index (κ1) is 19.3. The summed E-state index contributed by atoms with van der Waals surface area (Å²) >= 11 is 5.49. The lowest BCUT2D eigenvalue weighted by Gasteiger charge is -2.17. The maximum atomic E-state index is 12.9. The van der Waals surface area contributed by atoms with E-state index in [0.717, 1.165) is 0 Å². The predicted octanol–water partition coefficient (Wildman–Crippen LogP) is 3.84. The molecular formula is C12H10ClF6NO3. The molecule has 0 saturated carbocycles. The van der Waals surface area contributed by atoms with Gasteiger partial charge in [0.15, 0.2) is 11.4 Å². The Morgan fingerprint density at radius 3 is 2.30 bits per heavy atom. The number of aromatic nitrogens is 1. The lowest BCUT2D eigenvalue weighted by molar-refractivity contribution is -0.276. The van der Waals surface area contributed by atoms with Crippen molar-refractivity contribution in [3.63, 3.8) is 0 Å². The molecule has 0 radical (unpaired) electrons. The van der Waals surface area contributed by atoms with E-state index in [-0.39, 0.29) is 12.2 Å². The average molecular weight is 366 g/mol. The van der Waals surface area contributed by atoms with Crippen LogP contribution in [-0.2, 0) is 28.0 Å². The summed E-state index contributed by atoms with van der Waals surface area (Å²) in [6, 6.07) is 0.463. The number of esters is 1. The zero-order valence-electron chi connectivity index (χ0n) is 11.5. The number of carbonyl (C=O) groups excluding carboxylic acids is 1. The molecule has 0 bridgehead atoms. The van der Waals surface area contributed by atoms with E-state index in [4.69, 9.17) is 11.6 Å². The van der Waals surface area contributed by atoms with Crippen LogP contribution in [0.4, 0.5) is 26.3 Å². The number of hydrogen-bond acceptors (Lipinski definition) is 4. The maximum Gasteiger partial charge on any atom is 0.573 e. The van der Waals surface area contributed by atoms with Gasteiger partial charge in [0.1, 0.15) is 0 Å². The van der Waals surface area contributed by atoms with E-state index in [1.165, 1.54) is 6.92 Å². The summed E-state index contributed by atoms with van der Waals surface area (Å²) in [5.74, 6) is -2.88. The number of nitrogens with zero attached hydrogens (tertiary/aromatic N) is 1. The van der Waals surface area contributed by atoms with Crippen molar-refractivity contribution in [2.24, 2.45) is 0 Å². The van der Waals surface area contributed by atoms with Crippen LogP contribution in [0, 0.1) is 0 Å². The zero-order chi connectivity index (χ0) is 17.8. The van der Waals surface area contributed by atoms with Crippen LogP contribution in [0.15, 0.2) is 6.07 Å². The van der Waals surface area contributed by atoms with Gasteiger partial charge in [-0.2, -0.15) is 13.2 Å². The van der Waals surface area contributed by atoms with Crippen LogP contribution in [0.1, 0.15) is 23.9 Å². The van der Waals surface area contributed by atoms with Crippen LogP contribution < -0.4 is 4.74 Å². The van der Waals surface area contributed by atoms with E-state index < -0.39 is 47.9 Å². The summed E-state index contributed by atoms with van der Waals surface area (Å²) in [6.45, 7) is 1.46. The van der Waals surface area contributed by atoms with Crippen LogP contribution >= 0.6 is 11.6 Å². The molecular weight excluding hydrogens is 356 g/mol. The van der Waals surface area contributed by atoms with Crippen LogP contribution in [0.3, 0.4) is 0 Å². The Morgan fingerprint density at radius 2 is 1.87 bits per heavy atom. The first-order chi connectivity index (χ1) is 10.5. The second kappa shape index (κ2) is 7.24. The van der Waals surface area contributed by atoms with Crippen molar-refractivity contribution >= 4 is 17.6 Å². The summed E-state index contributed by atoms with van der Waals surface area (Å²) in [6.07, 6.45) is -11.2. The molecule has 1 aromatic heterocycles. The molecule has 0 unspecified atom stereocenters. The van der Waals surface area contributed by atoms with E-state index >= 15 is 0 Å². The van der Waals surface area contributed by atoms with Gasteiger partial charge in [-0.1, -0.05) is 0 Å². The van der Waals surface area contributed by atoms with Gasteiger partial charge in [-0.15, -0.1) is 24.8 Å². The molecule has 1 rings (SSSR count). The van der Waals surface area contributed by atoms with E-state index in [1.54, 1.807) is 0 Å². The fourth-order valence-electron chi connectivity index (χ4n) is 1.59. The molecule has 0 aromatic carbocycles. The molecule has 1 aromatic rings. The molecule has 0 amide bonds. The quantitative estimate of drug-likeness (QED) is 0.452. The molecule has 4 nitrogen and oxygen atoms in total. The number of halogens is 7. The van der Waals surface area contributed by atoms with Gasteiger partial charge in [0.2, 0.25) is 0 Å². The normalized spacial score (nSPS) is 12.2. The van der Waals surface area contributed by atoms with Crippen molar-refractivity contribution in [2.45, 2.75) is 31.8 Å². The largest absolute Gasteiger partial charge is 0.573 e. The molecule has 23 heavy (non-hydrogen) atoms. The van der Waals surface area contributed by atoms with Crippen molar-refractivity contribution in [3.8, 4) is 5.75 Å². The summed E-state index contributed by atoms with van der Waals surface area (Å²) in [7, 11) is 0. The van der Waals surface area contributed by atoms with Crippen LogP contribution in [-0.4, -0.2) is 23.9 Å². The Labute approximate surface area is 131 Å². The van der Waals surface area contributed by atoms with Gasteiger partial charge in [-0.05, 0) is 18.6 Å². The Morgan fingerprint density at radius 1 is 1.26 bits per heavy atom. The fourth-order valence-corrected chi connectivity index (χ4v) is 1.83. The first-order valence-electron chi connectivity index (χ1n) is 6.05. The van der Waals surface area contributed by atoms with Gasteiger partial charge in [0, 0.05) is 5.88 Å². The van der Waals surface area contributed by atoms with Gasteiger partial charge in [0.05, 0.1) is 18.7 Å². The van der Waals surface area contributed by atoms with Crippen LogP contribution in [0.5, 0.6) is 5.75 Å². The molecule has 0 spiro atoms. The summed E-state index contributed by atoms with van der Waals surface area (Å²) in [5, 5.41) is 0. The Kier molecular flexibility index (Phi) is 6.09. The van der Waals surface area contributed by atoms with Gasteiger partial charge in [-0.3, -0.25) is 4.79 Å². The molecule has 0 saturated heterocycles. The Bertz CT molecular complexity index is 573. The summed E-state index contributed by atoms with van der Waals surface area (Å²) < 4.78 is 83.2. The second-order valence-electron chi connectivity index (χ2n) is 4.10. The minimum atomic E-state index is -5.34. The van der Waals surface area contributed by atoms with Crippen molar-refractivity contribution in [1.82, 2.24) is 4.98 Å². The summed E-state index contributed by atoms with van der Waals surface area (Å²) in [4.78, 5) is 14.4. The molecule has 0 atom stereocenters. The third-order valence-corrected chi connectivity index (χ3v) is 2.70. The van der Waals surface area contributed by atoms with E-state index in [1.807, 2.05) is 0 Å². The first-order valence-corrected chi connectivity index (χ1v) is 6.58. The lowest BCUT2D eigenvalue weighted by atomic mass is 10.1. The molecule has 0 aliphatic rings. The van der Waals surface area contributed by atoms with Gasteiger partial charge in [-0.25, -0.2) is 4.98 Å². The smallest absolute Gasteiger partial charge is 0.466 e. The number of pyridine rings is 1. The number of rotatable bonds is 5. The summed E-state index contributed by atoms with van der Waals surface area (Å²) in [5.41, 5.74) is -2.53. The Hall–Kier alpha value is -1.71. The molecule has 0 aliphatic heterocycles. The topological polar surface area (TPSA) is 48.4 Å². The number of hydrogen-bond donors (Lipinski definition) is 0. The molecule has 130 valence electrons. The fraction of sp³-hybridized carbons (Fsp3) is 0.500. The second-order valence-corrected chi connectivity index (χ2v) is 4.37. The van der Waals surface area contributed by atoms with Crippen molar-refractivity contribution < 1.29 is 40.6 Å².